The minimum atomic E-state index is -0.767. The molecule has 1 aromatic carbocycles. The van der Waals surface area contributed by atoms with Crippen LogP contribution >= 0.6 is 0 Å². The van der Waals surface area contributed by atoms with Gasteiger partial charge in [0.05, 0.1) is 18.5 Å². The van der Waals surface area contributed by atoms with Crippen LogP contribution < -0.4 is 20.3 Å². The van der Waals surface area contributed by atoms with Gasteiger partial charge in [-0.2, -0.15) is 4.98 Å². The molecular weight excluding hydrogens is 484 g/mol. The van der Waals surface area contributed by atoms with E-state index in [1.54, 1.807) is 19.3 Å². The summed E-state index contributed by atoms with van der Waals surface area (Å²) < 4.78 is 39.3. The Labute approximate surface area is 213 Å². The van der Waals surface area contributed by atoms with Crippen molar-refractivity contribution in [2.75, 3.05) is 36.0 Å². The molecule has 10 nitrogen and oxygen atoms in total. The minimum Gasteiger partial charge on any atom is -0.487 e. The first-order chi connectivity index (χ1) is 17.8. The molecule has 0 aliphatic carbocycles. The maximum Gasteiger partial charge on any atom is 0.324 e. The second-order valence-corrected chi connectivity index (χ2v) is 9.82. The van der Waals surface area contributed by atoms with E-state index in [9.17, 15) is 13.9 Å². The van der Waals surface area contributed by atoms with Crippen molar-refractivity contribution >= 4 is 12.0 Å². The highest BCUT2D eigenvalue weighted by Crippen LogP contribution is 2.31. The van der Waals surface area contributed by atoms with Crippen LogP contribution in [0.25, 0.3) is 0 Å². The van der Waals surface area contributed by atoms with Crippen LogP contribution in [0, 0.1) is 17.6 Å². The van der Waals surface area contributed by atoms with Gasteiger partial charge in [-0.15, -0.1) is 0 Å². The lowest BCUT2D eigenvalue weighted by atomic mass is 9.92. The third kappa shape index (κ3) is 5.49. The van der Waals surface area contributed by atoms with Crippen molar-refractivity contribution in [2.45, 2.75) is 50.9 Å². The van der Waals surface area contributed by atoms with E-state index in [0.717, 1.165) is 38.1 Å². The zero-order valence-corrected chi connectivity index (χ0v) is 20.8. The van der Waals surface area contributed by atoms with Crippen molar-refractivity contribution < 1.29 is 23.1 Å². The van der Waals surface area contributed by atoms with E-state index in [4.69, 9.17) is 15.0 Å². The van der Waals surface area contributed by atoms with E-state index >= 15 is 0 Å². The highest BCUT2D eigenvalue weighted by atomic mass is 19.1. The average molecular weight is 516 g/mol. The maximum atomic E-state index is 14.3. The molecule has 198 valence electrons. The first-order valence-electron chi connectivity index (χ1n) is 12.5. The van der Waals surface area contributed by atoms with E-state index in [-0.39, 0.29) is 29.5 Å². The Bertz CT molecular complexity index is 1200. The lowest BCUT2D eigenvalue weighted by Crippen LogP contribution is -2.38. The van der Waals surface area contributed by atoms with E-state index in [0.29, 0.717) is 36.7 Å². The molecule has 3 N–H and O–H groups in total. The number of halogens is 2. The summed E-state index contributed by atoms with van der Waals surface area (Å²) in [6.45, 7) is 5.96. The van der Waals surface area contributed by atoms with E-state index < -0.39 is 17.7 Å². The number of nitrogens with zero attached hydrogens (tertiary/aromatic N) is 6. The second-order valence-electron chi connectivity index (χ2n) is 9.82. The van der Waals surface area contributed by atoms with Gasteiger partial charge in [0.25, 0.3) is 0 Å². The number of benzene rings is 1. The molecule has 0 bridgehead atoms. The molecule has 3 aromatic rings. The van der Waals surface area contributed by atoms with E-state index in [1.807, 2.05) is 16.7 Å². The number of nitrogens with two attached hydrogens (primary N) is 1. The molecule has 0 spiro atoms. The van der Waals surface area contributed by atoms with Gasteiger partial charge in [0.1, 0.15) is 17.7 Å². The number of aromatic nitrogens is 4. The molecule has 4 heterocycles. The zero-order chi connectivity index (χ0) is 26.1. The topological polar surface area (TPSA) is 127 Å². The molecule has 0 amide bonds. The molecule has 2 aliphatic heterocycles. The number of aliphatic hydroxyl groups excluding tert-OH is 1. The standard InChI is InChI=1S/C25H31F2N7O3/c1-14(35)23-31-25(37-32-23)33-7-5-16(6-8-33)15(2)36-18-10-29-24(30-11-18)34-12-20(22(28)13-34)19-9-17(26)3-4-21(19)27/h3-4,9-11,14-16,20,22,35H,5-8,12-13,28H2,1-2H3/t14?,15-,20+,22-/m0/s1. The van der Waals surface area contributed by atoms with Gasteiger partial charge in [-0.25, -0.2) is 18.7 Å². The summed E-state index contributed by atoms with van der Waals surface area (Å²) >= 11 is 0. The van der Waals surface area contributed by atoms with Gasteiger partial charge in [0.15, 0.2) is 5.75 Å². The SMILES string of the molecule is CC(O)c1noc(N2CCC([C@H](C)Oc3cnc(N4C[C@H](c5cc(F)ccc5F)[C@@H](N)C4)nc3)CC2)n1. The molecule has 4 atom stereocenters. The van der Waals surface area contributed by atoms with Crippen LogP contribution in [0.4, 0.5) is 20.7 Å². The summed E-state index contributed by atoms with van der Waals surface area (Å²) in [5, 5.41) is 13.4. The Morgan fingerprint density at radius 1 is 1.11 bits per heavy atom. The predicted octanol–water partition coefficient (Wildman–Crippen LogP) is 2.81. The van der Waals surface area contributed by atoms with E-state index in [1.165, 1.54) is 6.07 Å². The van der Waals surface area contributed by atoms with Crippen molar-refractivity contribution in [1.82, 2.24) is 20.1 Å². The summed E-state index contributed by atoms with van der Waals surface area (Å²) in [6, 6.07) is 3.50. The second kappa shape index (κ2) is 10.5. The third-order valence-electron chi connectivity index (χ3n) is 7.22. The summed E-state index contributed by atoms with van der Waals surface area (Å²) in [5.41, 5.74) is 6.53. The van der Waals surface area contributed by atoms with Crippen molar-refractivity contribution in [3.05, 3.63) is 53.6 Å². The first-order valence-corrected chi connectivity index (χ1v) is 12.5. The monoisotopic (exact) mass is 515 g/mol. The molecule has 0 saturated carbocycles. The van der Waals surface area contributed by atoms with Crippen LogP contribution in [-0.2, 0) is 0 Å². The molecule has 2 fully saturated rings. The zero-order valence-electron chi connectivity index (χ0n) is 20.8. The van der Waals surface area contributed by atoms with Gasteiger partial charge >= 0.3 is 6.01 Å². The van der Waals surface area contributed by atoms with Crippen molar-refractivity contribution in [3.63, 3.8) is 0 Å². The number of aliphatic hydroxyl groups is 1. The third-order valence-corrected chi connectivity index (χ3v) is 7.22. The minimum absolute atomic E-state index is 0.0483. The first kappa shape index (κ1) is 25.3. The quantitative estimate of drug-likeness (QED) is 0.485. The Hall–Kier alpha value is -3.38. The van der Waals surface area contributed by atoms with Gasteiger partial charge in [0, 0.05) is 38.1 Å². The molecule has 37 heavy (non-hydrogen) atoms. The smallest absolute Gasteiger partial charge is 0.324 e. The summed E-state index contributed by atoms with van der Waals surface area (Å²) in [7, 11) is 0. The van der Waals surface area contributed by atoms with Gasteiger partial charge in [0.2, 0.25) is 11.8 Å². The normalized spacial score (nSPS) is 22.3. The Morgan fingerprint density at radius 2 is 1.84 bits per heavy atom. The lowest BCUT2D eigenvalue weighted by molar-refractivity contribution is 0.131. The van der Waals surface area contributed by atoms with Crippen molar-refractivity contribution in [1.29, 1.82) is 0 Å². The number of anilines is 2. The van der Waals surface area contributed by atoms with E-state index in [2.05, 4.69) is 20.1 Å². The Balaban J connectivity index is 1.15. The predicted molar refractivity (Wildman–Crippen MR) is 131 cm³/mol. The fraction of sp³-hybridized carbons (Fsp3) is 0.520. The maximum absolute atomic E-state index is 14.3. The van der Waals surface area contributed by atoms with Gasteiger partial charge in [-0.3, -0.25) is 0 Å². The van der Waals surface area contributed by atoms with Crippen molar-refractivity contribution in [3.8, 4) is 5.75 Å². The molecule has 5 rings (SSSR count). The molecular formula is C25H31F2N7O3. The largest absolute Gasteiger partial charge is 0.487 e. The number of rotatable bonds is 7. The summed E-state index contributed by atoms with van der Waals surface area (Å²) in [6.07, 6.45) is 4.22. The van der Waals surface area contributed by atoms with Crippen LogP contribution in [0.2, 0.25) is 0 Å². The van der Waals surface area contributed by atoms with Gasteiger partial charge in [-0.05, 0) is 56.4 Å². The van der Waals surface area contributed by atoms with Crippen LogP contribution in [0.5, 0.6) is 5.75 Å². The molecule has 0 radical (unpaired) electrons. The van der Waals surface area contributed by atoms with Gasteiger partial charge < -0.3 is 29.9 Å². The fourth-order valence-corrected chi connectivity index (χ4v) is 5.05. The van der Waals surface area contributed by atoms with Crippen LogP contribution in [0.3, 0.4) is 0 Å². The fourth-order valence-electron chi connectivity index (χ4n) is 5.05. The van der Waals surface area contributed by atoms with Crippen molar-refractivity contribution in [2.24, 2.45) is 11.7 Å². The molecule has 2 aromatic heterocycles. The Morgan fingerprint density at radius 3 is 2.51 bits per heavy atom. The molecule has 1 unspecified atom stereocenters. The number of ether oxygens (including phenoxy) is 1. The molecule has 2 aliphatic rings. The summed E-state index contributed by atoms with van der Waals surface area (Å²) in [4.78, 5) is 17.0. The molecule has 2 saturated heterocycles. The number of hydrogen-bond donors (Lipinski definition) is 2. The number of piperidine rings is 1. The van der Waals surface area contributed by atoms with Gasteiger partial charge in [-0.1, -0.05) is 5.16 Å². The summed E-state index contributed by atoms with van der Waals surface area (Å²) in [5.74, 6) is 0.340. The van der Waals surface area contributed by atoms with Crippen LogP contribution in [0.1, 0.15) is 50.1 Å². The Kier molecular flexibility index (Phi) is 7.20. The molecule has 12 heteroatoms. The van der Waals surface area contributed by atoms with Crippen LogP contribution in [-0.4, -0.2) is 63.5 Å². The lowest BCUT2D eigenvalue weighted by Gasteiger charge is -2.33. The number of hydrogen-bond acceptors (Lipinski definition) is 10. The highest BCUT2D eigenvalue weighted by molar-refractivity contribution is 5.39. The highest BCUT2D eigenvalue weighted by Gasteiger charge is 2.34. The van der Waals surface area contributed by atoms with Crippen LogP contribution in [0.15, 0.2) is 35.1 Å². The average Bonchev–Trinajstić information content (AvgIpc) is 3.54.